The number of nitro benzene ring substituents is 1. The van der Waals surface area contributed by atoms with Gasteiger partial charge in [0.05, 0.1) is 11.0 Å². The van der Waals surface area contributed by atoms with Gasteiger partial charge in [0.1, 0.15) is 24.5 Å². The van der Waals surface area contributed by atoms with Crippen LogP contribution in [0.4, 0.5) is 11.5 Å². The van der Waals surface area contributed by atoms with Gasteiger partial charge in [-0.05, 0) is 13.3 Å². The summed E-state index contributed by atoms with van der Waals surface area (Å²) in [5.41, 5.74) is -0.839. The fraction of sp³-hybridized carbons (Fsp3) is 0.353. The molecule has 3 rings (SSSR count). The number of aromatic nitrogens is 1. The number of amides is 1. The third kappa shape index (κ3) is 4.03. The van der Waals surface area contributed by atoms with Crippen LogP contribution in [-0.2, 0) is 9.53 Å². The third-order valence-electron chi connectivity index (χ3n) is 3.87. The van der Waals surface area contributed by atoms with Crippen molar-refractivity contribution in [1.82, 2.24) is 5.16 Å². The van der Waals surface area contributed by atoms with Gasteiger partial charge in [-0.2, -0.15) is 0 Å². The zero-order valence-electron chi connectivity index (χ0n) is 15.1. The van der Waals surface area contributed by atoms with Crippen LogP contribution in [0.5, 0.6) is 11.5 Å². The maximum Gasteiger partial charge on any atom is 0.346 e. The molecule has 1 atom stereocenters. The van der Waals surface area contributed by atoms with Crippen LogP contribution in [0.2, 0.25) is 0 Å². The molecule has 1 N–H and O–H groups in total. The highest BCUT2D eigenvalue weighted by atomic mass is 16.6. The van der Waals surface area contributed by atoms with Crippen molar-refractivity contribution in [3.05, 3.63) is 39.6 Å². The van der Waals surface area contributed by atoms with Crippen LogP contribution in [0.25, 0.3) is 0 Å². The number of benzene rings is 1. The summed E-state index contributed by atoms with van der Waals surface area (Å²) in [6.45, 7) is 3.77. The molecule has 1 aliphatic heterocycles. The molecule has 1 unspecified atom stereocenters. The lowest BCUT2D eigenvalue weighted by atomic mass is 10.1. The third-order valence-corrected chi connectivity index (χ3v) is 3.87. The Labute approximate surface area is 158 Å². The molecule has 0 aliphatic carbocycles. The monoisotopic (exact) mass is 391 g/mol. The van der Waals surface area contributed by atoms with Gasteiger partial charge in [0, 0.05) is 12.1 Å². The summed E-state index contributed by atoms with van der Waals surface area (Å²) < 4.78 is 20.7. The summed E-state index contributed by atoms with van der Waals surface area (Å²) in [6.07, 6.45) is -1.04. The fourth-order valence-electron chi connectivity index (χ4n) is 2.54. The molecule has 0 spiro atoms. The van der Waals surface area contributed by atoms with Crippen LogP contribution < -0.4 is 14.8 Å². The molecule has 11 heteroatoms. The Morgan fingerprint density at radius 2 is 1.96 bits per heavy atom. The molecule has 1 aliphatic rings. The summed E-state index contributed by atoms with van der Waals surface area (Å²) in [5, 5.41) is 17.4. The minimum atomic E-state index is -1.18. The summed E-state index contributed by atoms with van der Waals surface area (Å²) >= 11 is 0. The van der Waals surface area contributed by atoms with Crippen molar-refractivity contribution >= 4 is 23.4 Å². The number of carbonyl (C=O) groups excluding carboxylic acids is 2. The number of hydrogen-bond acceptors (Lipinski definition) is 9. The zero-order valence-corrected chi connectivity index (χ0v) is 15.1. The number of anilines is 1. The normalized spacial score (nSPS) is 13.5. The number of ether oxygens (including phenoxy) is 3. The summed E-state index contributed by atoms with van der Waals surface area (Å²) in [5.74, 6) is -0.638. The molecule has 1 amide bonds. The van der Waals surface area contributed by atoms with E-state index in [1.165, 1.54) is 12.1 Å². The number of hydrogen-bond donors (Lipinski definition) is 1. The molecule has 0 bridgehead atoms. The Morgan fingerprint density at radius 3 is 2.54 bits per heavy atom. The van der Waals surface area contributed by atoms with Gasteiger partial charge in [0.2, 0.25) is 0 Å². The number of fused-ring (bicyclic) bond motifs is 1. The van der Waals surface area contributed by atoms with E-state index >= 15 is 0 Å². The average molecular weight is 391 g/mol. The molecule has 2 aromatic rings. The smallest absolute Gasteiger partial charge is 0.346 e. The number of nitrogens with one attached hydrogen (secondary N) is 1. The maximum atomic E-state index is 12.5. The molecule has 0 radical (unpaired) electrons. The standard InChI is InChI=1S/C17H17N3O8/c1-3-12(16(21)18-15-6-9(2)28-19-15)27-17(22)10-7-13-14(26-5-4-25-13)8-11(10)20(23)24/h6-8,12H,3-5H2,1-2H3,(H,18,19,21). The van der Waals surface area contributed by atoms with Crippen LogP contribution in [0.3, 0.4) is 0 Å². The number of nitrogens with zero attached hydrogens (tertiary/aromatic N) is 2. The first kappa shape index (κ1) is 19.1. The summed E-state index contributed by atoms with van der Waals surface area (Å²) in [4.78, 5) is 35.5. The Hall–Kier alpha value is -3.63. The van der Waals surface area contributed by atoms with Crippen molar-refractivity contribution < 1.29 is 33.2 Å². The Balaban J connectivity index is 1.80. The molecule has 28 heavy (non-hydrogen) atoms. The second kappa shape index (κ2) is 7.94. The molecule has 1 aromatic carbocycles. The van der Waals surface area contributed by atoms with Crippen molar-refractivity contribution in [2.45, 2.75) is 26.4 Å². The number of nitro groups is 1. The van der Waals surface area contributed by atoms with Gasteiger partial charge in [0.15, 0.2) is 23.4 Å². The van der Waals surface area contributed by atoms with E-state index in [1.54, 1.807) is 13.8 Å². The molecule has 0 fully saturated rings. The van der Waals surface area contributed by atoms with Crippen LogP contribution in [0, 0.1) is 17.0 Å². The average Bonchev–Trinajstić information content (AvgIpc) is 3.09. The van der Waals surface area contributed by atoms with Gasteiger partial charge >= 0.3 is 5.97 Å². The Morgan fingerprint density at radius 1 is 1.29 bits per heavy atom. The molecule has 11 nitrogen and oxygen atoms in total. The van der Waals surface area contributed by atoms with E-state index in [4.69, 9.17) is 18.7 Å². The van der Waals surface area contributed by atoms with Crippen LogP contribution in [-0.4, -0.2) is 41.3 Å². The molecular formula is C17H17N3O8. The van der Waals surface area contributed by atoms with Crippen LogP contribution in [0.1, 0.15) is 29.5 Å². The van der Waals surface area contributed by atoms with Gasteiger partial charge in [-0.15, -0.1) is 0 Å². The largest absolute Gasteiger partial charge is 0.486 e. The Bertz CT molecular complexity index is 923. The molecule has 0 saturated heterocycles. The number of aryl methyl sites for hydroxylation is 1. The molecular weight excluding hydrogens is 374 g/mol. The van der Waals surface area contributed by atoms with E-state index in [9.17, 15) is 19.7 Å². The molecule has 1 aromatic heterocycles. The summed E-state index contributed by atoms with van der Waals surface area (Å²) in [6, 6.07) is 3.78. The highest BCUT2D eigenvalue weighted by molar-refractivity contribution is 5.99. The van der Waals surface area contributed by atoms with Crippen LogP contribution in [0.15, 0.2) is 22.7 Å². The maximum absolute atomic E-state index is 12.5. The van der Waals surface area contributed by atoms with Crippen LogP contribution >= 0.6 is 0 Å². The van der Waals surface area contributed by atoms with Crippen molar-refractivity contribution in [3.8, 4) is 11.5 Å². The number of carbonyl (C=O) groups is 2. The lowest BCUT2D eigenvalue weighted by molar-refractivity contribution is -0.385. The Kier molecular flexibility index (Phi) is 5.43. The number of esters is 1. The van der Waals surface area contributed by atoms with Crippen molar-refractivity contribution in [2.24, 2.45) is 0 Å². The van der Waals surface area contributed by atoms with Crippen molar-refractivity contribution in [1.29, 1.82) is 0 Å². The quantitative estimate of drug-likeness (QED) is 0.445. The number of rotatable bonds is 6. The predicted molar refractivity (Wildman–Crippen MR) is 93.5 cm³/mol. The topological polar surface area (TPSA) is 143 Å². The van der Waals surface area contributed by atoms with E-state index in [0.717, 1.165) is 6.07 Å². The first-order chi connectivity index (χ1) is 13.4. The molecule has 148 valence electrons. The zero-order chi connectivity index (χ0) is 20.3. The van der Waals surface area contributed by atoms with E-state index < -0.39 is 28.6 Å². The lowest BCUT2D eigenvalue weighted by Crippen LogP contribution is -2.32. The minimum Gasteiger partial charge on any atom is -0.486 e. The highest BCUT2D eigenvalue weighted by Gasteiger charge is 2.30. The van der Waals surface area contributed by atoms with Gasteiger partial charge in [-0.25, -0.2) is 4.79 Å². The highest BCUT2D eigenvalue weighted by Crippen LogP contribution is 2.37. The summed E-state index contributed by atoms with van der Waals surface area (Å²) in [7, 11) is 0. The van der Waals surface area contributed by atoms with Gasteiger partial charge in [-0.1, -0.05) is 12.1 Å². The second-order valence-electron chi connectivity index (χ2n) is 5.88. The van der Waals surface area contributed by atoms with E-state index in [2.05, 4.69) is 10.5 Å². The van der Waals surface area contributed by atoms with Gasteiger partial charge < -0.3 is 24.1 Å². The van der Waals surface area contributed by atoms with Gasteiger partial charge in [-0.3, -0.25) is 14.9 Å². The lowest BCUT2D eigenvalue weighted by Gasteiger charge is -2.19. The van der Waals surface area contributed by atoms with Crippen molar-refractivity contribution in [3.63, 3.8) is 0 Å². The van der Waals surface area contributed by atoms with Gasteiger partial charge in [0.25, 0.3) is 11.6 Å². The first-order valence-electron chi connectivity index (χ1n) is 8.42. The molecule has 2 heterocycles. The fourth-order valence-corrected chi connectivity index (χ4v) is 2.54. The van der Waals surface area contributed by atoms with E-state index in [0.29, 0.717) is 5.76 Å². The predicted octanol–water partition coefficient (Wildman–Crippen LogP) is 2.24. The molecule has 0 saturated carbocycles. The van der Waals surface area contributed by atoms with Crippen molar-refractivity contribution in [2.75, 3.05) is 18.5 Å². The first-order valence-corrected chi connectivity index (χ1v) is 8.42. The van der Waals surface area contributed by atoms with E-state index in [-0.39, 0.29) is 42.5 Å². The second-order valence-corrected chi connectivity index (χ2v) is 5.88. The SMILES string of the molecule is CCC(OC(=O)c1cc2c(cc1[N+](=O)[O-])OCCO2)C(=O)Nc1cc(C)on1. The van der Waals surface area contributed by atoms with E-state index in [1.807, 2.05) is 0 Å². The minimum absolute atomic E-state index is 0.146.